The summed E-state index contributed by atoms with van der Waals surface area (Å²) in [5.74, 6) is 0.361. The quantitative estimate of drug-likeness (QED) is 0.826. The Morgan fingerprint density at radius 2 is 1.88 bits per heavy atom. The van der Waals surface area contributed by atoms with Crippen molar-refractivity contribution in [3.63, 3.8) is 0 Å². The number of benzene rings is 2. The minimum atomic E-state index is -0.436. The molecular formula is C19H19N3O4. The van der Waals surface area contributed by atoms with Crippen LogP contribution in [0.1, 0.15) is 12.0 Å². The van der Waals surface area contributed by atoms with Gasteiger partial charge in [0, 0.05) is 30.8 Å². The Balaban J connectivity index is 1.48. The number of hydrogen-bond donors (Lipinski definition) is 2. The van der Waals surface area contributed by atoms with E-state index in [1.54, 1.807) is 17.0 Å². The van der Waals surface area contributed by atoms with Gasteiger partial charge in [0.15, 0.2) is 11.5 Å². The molecule has 7 heteroatoms. The minimum Gasteiger partial charge on any atom is -0.454 e. The van der Waals surface area contributed by atoms with Crippen molar-refractivity contribution in [3.8, 4) is 11.5 Å². The van der Waals surface area contributed by atoms with Crippen LogP contribution < -0.4 is 25.4 Å². The van der Waals surface area contributed by atoms with Crippen LogP contribution in [0.15, 0.2) is 36.4 Å². The molecule has 1 saturated heterocycles. The second-order valence-electron chi connectivity index (χ2n) is 6.52. The number of ether oxygens (including phenoxy) is 2. The standard InChI is InChI=1S/C19H19N3O4/c1-11-2-4-13(5-3-11)22-9-12(6-18(22)23)19(24)21-15-8-17-16(7-14(15)20)25-10-26-17/h2-5,7-8,12H,6,9-10,20H2,1H3,(H,21,24). The van der Waals surface area contributed by atoms with E-state index in [0.717, 1.165) is 11.3 Å². The lowest BCUT2D eigenvalue weighted by Crippen LogP contribution is -2.28. The van der Waals surface area contributed by atoms with Crippen LogP contribution in [0.4, 0.5) is 17.1 Å². The van der Waals surface area contributed by atoms with Crippen molar-refractivity contribution in [2.24, 2.45) is 5.92 Å². The summed E-state index contributed by atoms with van der Waals surface area (Å²) in [4.78, 5) is 26.6. The van der Waals surface area contributed by atoms with Crippen LogP contribution in [-0.4, -0.2) is 25.2 Å². The zero-order chi connectivity index (χ0) is 18.3. The minimum absolute atomic E-state index is 0.0624. The molecule has 2 aromatic carbocycles. The van der Waals surface area contributed by atoms with Crippen molar-refractivity contribution in [2.45, 2.75) is 13.3 Å². The van der Waals surface area contributed by atoms with Crippen LogP contribution in [0.25, 0.3) is 0 Å². The highest BCUT2D eigenvalue weighted by atomic mass is 16.7. The highest BCUT2D eigenvalue weighted by Gasteiger charge is 2.35. The Hall–Kier alpha value is -3.22. The maximum Gasteiger partial charge on any atom is 0.231 e. The van der Waals surface area contributed by atoms with Crippen LogP contribution in [0.2, 0.25) is 0 Å². The summed E-state index contributed by atoms with van der Waals surface area (Å²) >= 11 is 0. The summed E-state index contributed by atoms with van der Waals surface area (Å²) in [7, 11) is 0. The molecule has 0 bridgehead atoms. The molecule has 0 radical (unpaired) electrons. The number of amides is 2. The van der Waals surface area contributed by atoms with Crippen molar-refractivity contribution in [1.29, 1.82) is 0 Å². The van der Waals surface area contributed by atoms with Gasteiger partial charge < -0.3 is 25.4 Å². The Morgan fingerprint density at radius 1 is 1.19 bits per heavy atom. The summed E-state index contributed by atoms with van der Waals surface area (Å²) in [5.41, 5.74) is 8.75. The molecule has 134 valence electrons. The van der Waals surface area contributed by atoms with Crippen molar-refractivity contribution in [2.75, 3.05) is 29.3 Å². The largest absolute Gasteiger partial charge is 0.454 e. The number of nitrogens with two attached hydrogens (primary N) is 1. The highest BCUT2D eigenvalue weighted by Crippen LogP contribution is 2.38. The van der Waals surface area contributed by atoms with Crippen molar-refractivity contribution >= 4 is 28.9 Å². The maximum absolute atomic E-state index is 12.6. The van der Waals surface area contributed by atoms with E-state index in [1.165, 1.54) is 0 Å². The summed E-state index contributed by atoms with van der Waals surface area (Å²) in [6.45, 7) is 2.47. The van der Waals surface area contributed by atoms with Gasteiger partial charge in [-0.3, -0.25) is 9.59 Å². The van der Waals surface area contributed by atoms with Crippen LogP contribution in [0.3, 0.4) is 0 Å². The third kappa shape index (κ3) is 2.92. The van der Waals surface area contributed by atoms with Gasteiger partial charge >= 0.3 is 0 Å². The number of aryl methyl sites for hydroxylation is 1. The Labute approximate surface area is 150 Å². The first-order valence-corrected chi connectivity index (χ1v) is 8.38. The molecule has 26 heavy (non-hydrogen) atoms. The predicted octanol–water partition coefficient (Wildman–Crippen LogP) is 2.30. The monoisotopic (exact) mass is 353 g/mol. The van der Waals surface area contributed by atoms with Gasteiger partial charge in [0.2, 0.25) is 18.6 Å². The molecule has 1 unspecified atom stereocenters. The molecular weight excluding hydrogens is 334 g/mol. The molecule has 2 amide bonds. The second kappa shape index (κ2) is 6.25. The van der Waals surface area contributed by atoms with E-state index in [1.807, 2.05) is 31.2 Å². The van der Waals surface area contributed by atoms with E-state index in [4.69, 9.17) is 15.2 Å². The van der Waals surface area contributed by atoms with Gasteiger partial charge in [0.25, 0.3) is 0 Å². The van der Waals surface area contributed by atoms with E-state index in [9.17, 15) is 9.59 Å². The van der Waals surface area contributed by atoms with Crippen LogP contribution >= 0.6 is 0 Å². The normalized spacial score (nSPS) is 18.3. The Bertz CT molecular complexity index is 879. The molecule has 2 aromatic rings. The van der Waals surface area contributed by atoms with Gasteiger partial charge in [-0.15, -0.1) is 0 Å². The number of anilines is 3. The van der Waals surface area contributed by atoms with Gasteiger partial charge in [-0.2, -0.15) is 0 Å². The van der Waals surface area contributed by atoms with Gasteiger partial charge in [-0.25, -0.2) is 0 Å². The number of fused-ring (bicyclic) bond motifs is 1. The van der Waals surface area contributed by atoms with Crippen molar-refractivity contribution in [3.05, 3.63) is 42.0 Å². The average molecular weight is 353 g/mol. The summed E-state index contributed by atoms with van der Waals surface area (Å²) in [6.07, 6.45) is 0.171. The van der Waals surface area contributed by atoms with E-state index in [0.29, 0.717) is 29.4 Å². The highest BCUT2D eigenvalue weighted by molar-refractivity contribution is 6.04. The number of carbonyl (C=O) groups excluding carboxylic acids is 2. The SMILES string of the molecule is Cc1ccc(N2CC(C(=O)Nc3cc4c(cc3N)OCO4)CC2=O)cc1. The third-order valence-corrected chi connectivity index (χ3v) is 4.64. The van der Waals surface area contributed by atoms with Crippen LogP contribution in [0, 0.1) is 12.8 Å². The lowest BCUT2D eigenvalue weighted by atomic mass is 10.1. The van der Waals surface area contributed by atoms with E-state index in [-0.39, 0.29) is 25.0 Å². The smallest absolute Gasteiger partial charge is 0.231 e. The zero-order valence-electron chi connectivity index (χ0n) is 14.3. The molecule has 2 aliphatic rings. The average Bonchev–Trinajstić information content (AvgIpc) is 3.22. The van der Waals surface area contributed by atoms with E-state index in [2.05, 4.69) is 5.32 Å². The topological polar surface area (TPSA) is 93.9 Å². The molecule has 2 aliphatic heterocycles. The Kier molecular flexibility index (Phi) is 3.91. The number of carbonyl (C=O) groups is 2. The molecule has 7 nitrogen and oxygen atoms in total. The predicted molar refractivity (Wildman–Crippen MR) is 97.2 cm³/mol. The number of nitrogens with one attached hydrogen (secondary N) is 1. The van der Waals surface area contributed by atoms with Crippen molar-refractivity contribution in [1.82, 2.24) is 0 Å². The van der Waals surface area contributed by atoms with Crippen LogP contribution in [0.5, 0.6) is 11.5 Å². The molecule has 0 saturated carbocycles. The first-order valence-electron chi connectivity index (χ1n) is 8.38. The molecule has 0 spiro atoms. The third-order valence-electron chi connectivity index (χ3n) is 4.64. The summed E-state index contributed by atoms with van der Waals surface area (Å²) < 4.78 is 10.6. The molecule has 1 fully saturated rings. The molecule has 0 aliphatic carbocycles. The first-order chi connectivity index (χ1) is 12.5. The number of nitrogen functional groups attached to an aromatic ring is 1. The first kappa shape index (κ1) is 16.3. The second-order valence-corrected chi connectivity index (χ2v) is 6.52. The summed E-state index contributed by atoms with van der Waals surface area (Å²) in [6, 6.07) is 10.9. The summed E-state index contributed by atoms with van der Waals surface area (Å²) in [5, 5.41) is 2.81. The number of hydrogen-bond acceptors (Lipinski definition) is 5. The van der Waals surface area contributed by atoms with Crippen LogP contribution in [-0.2, 0) is 9.59 Å². The fourth-order valence-electron chi connectivity index (χ4n) is 3.16. The zero-order valence-corrected chi connectivity index (χ0v) is 14.3. The molecule has 1 atom stereocenters. The van der Waals surface area contributed by atoms with E-state index < -0.39 is 5.92 Å². The number of nitrogens with zero attached hydrogens (tertiary/aromatic N) is 1. The number of rotatable bonds is 3. The van der Waals surface area contributed by atoms with Gasteiger partial charge in [-0.1, -0.05) is 17.7 Å². The molecule has 2 heterocycles. The molecule has 3 N–H and O–H groups in total. The van der Waals surface area contributed by atoms with Crippen molar-refractivity contribution < 1.29 is 19.1 Å². The fourth-order valence-corrected chi connectivity index (χ4v) is 3.16. The lowest BCUT2D eigenvalue weighted by molar-refractivity contribution is -0.122. The van der Waals surface area contributed by atoms with E-state index >= 15 is 0 Å². The Morgan fingerprint density at radius 3 is 2.62 bits per heavy atom. The maximum atomic E-state index is 12.6. The molecule has 0 aromatic heterocycles. The van der Waals surface area contributed by atoms with Gasteiger partial charge in [-0.05, 0) is 19.1 Å². The molecule has 4 rings (SSSR count). The van der Waals surface area contributed by atoms with Gasteiger partial charge in [0.1, 0.15) is 0 Å². The lowest BCUT2D eigenvalue weighted by Gasteiger charge is -2.17. The van der Waals surface area contributed by atoms with Gasteiger partial charge in [0.05, 0.1) is 17.3 Å². The fraction of sp³-hybridized carbons (Fsp3) is 0.263.